The van der Waals surface area contributed by atoms with E-state index in [0.717, 1.165) is 31.7 Å². The zero-order valence-electron chi connectivity index (χ0n) is 10.2. The van der Waals surface area contributed by atoms with Crippen LogP contribution in [0.2, 0.25) is 0 Å². The third kappa shape index (κ3) is 4.29. The molecule has 0 fully saturated rings. The molecule has 1 unspecified atom stereocenters. The molecule has 0 spiro atoms. The minimum atomic E-state index is -1.16. The summed E-state index contributed by atoms with van der Waals surface area (Å²) >= 11 is 0. The Morgan fingerprint density at radius 1 is 1.06 bits per heavy atom. The molecule has 0 aliphatic carbocycles. The average molecular weight is 245 g/mol. The number of rotatable bonds is 6. The fourth-order valence-corrected chi connectivity index (χ4v) is 1.67. The van der Waals surface area contributed by atoms with E-state index in [1.807, 2.05) is 6.92 Å². The second kappa shape index (κ2) is 6.52. The SMILES string of the molecule is CCCCCC(C)Nc1cc(F)c(F)cc1F. The third-order valence-corrected chi connectivity index (χ3v) is 2.65. The van der Waals surface area contributed by atoms with Crippen LogP contribution in [0.3, 0.4) is 0 Å². The largest absolute Gasteiger partial charge is 0.380 e. The molecule has 0 amide bonds. The van der Waals surface area contributed by atoms with Crippen molar-refractivity contribution < 1.29 is 13.2 Å². The molecule has 1 N–H and O–H groups in total. The minimum Gasteiger partial charge on any atom is -0.380 e. The van der Waals surface area contributed by atoms with E-state index in [-0.39, 0.29) is 11.7 Å². The second-order valence-electron chi connectivity index (χ2n) is 4.29. The van der Waals surface area contributed by atoms with Crippen molar-refractivity contribution >= 4 is 5.69 Å². The van der Waals surface area contributed by atoms with Gasteiger partial charge in [-0.3, -0.25) is 0 Å². The minimum absolute atomic E-state index is 0.0212. The van der Waals surface area contributed by atoms with E-state index in [1.165, 1.54) is 0 Å². The highest BCUT2D eigenvalue weighted by molar-refractivity contribution is 5.45. The smallest absolute Gasteiger partial charge is 0.161 e. The molecule has 0 bridgehead atoms. The lowest BCUT2D eigenvalue weighted by Crippen LogP contribution is -2.16. The van der Waals surface area contributed by atoms with Crippen molar-refractivity contribution in [1.82, 2.24) is 0 Å². The molecular weight excluding hydrogens is 227 g/mol. The molecule has 0 aliphatic rings. The van der Waals surface area contributed by atoms with Crippen molar-refractivity contribution in [3.05, 3.63) is 29.6 Å². The summed E-state index contributed by atoms with van der Waals surface area (Å²) < 4.78 is 38.9. The Bertz CT molecular complexity index is 366. The lowest BCUT2D eigenvalue weighted by atomic mass is 10.1. The number of halogens is 3. The van der Waals surface area contributed by atoms with E-state index in [4.69, 9.17) is 0 Å². The normalized spacial score (nSPS) is 12.5. The van der Waals surface area contributed by atoms with Crippen LogP contribution >= 0.6 is 0 Å². The van der Waals surface area contributed by atoms with Gasteiger partial charge in [0.25, 0.3) is 0 Å². The first-order chi connectivity index (χ1) is 8.04. The fraction of sp³-hybridized carbons (Fsp3) is 0.538. The van der Waals surface area contributed by atoms with E-state index in [9.17, 15) is 13.2 Å². The van der Waals surface area contributed by atoms with Crippen LogP contribution < -0.4 is 5.32 Å². The van der Waals surface area contributed by atoms with E-state index in [2.05, 4.69) is 12.2 Å². The predicted octanol–water partition coefficient (Wildman–Crippen LogP) is 4.48. The van der Waals surface area contributed by atoms with Gasteiger partial charge in [0.05, 0.1) is 5.69 Å². The van der Waals surface area contributed by atoms with Crippen LogP contribution in [0, 0.1) is 17.5 Å². The summed E-state index contributed by atoms with van der Waals surface area (Å²) in [7, 11) is 0. The Morgan fingerprint density at radius 2 is 1.71 bits per heavy atom. The van der Waals surface area contributed by atoms with E-state index < -0.39 is 17.5 Å². The van der Waals surface area contributed by atoms with Crippen LogP contribution in [0.1, 0.15) is 39.5 Å². The number of benzene rings is 1. The van der Waals surface area contributed by atoms with Crippen LogP contribution in [0.25, 0.3) is 0 Å². The molecule has 96 valence electrons. The Hall–Kier alpha value is -1.19. The van der Waals surface area contributed by atoms with Gasteiger partial charge in [0.1, 0.15) is 5.82 Å². The lowest BCUT2D eigenvalue weighted by molar-refractivity contribution is 0.495. The van der Waals surface area contributed by atoms with Crippen LogP contribution in [-0.2, 0) is 0 Å². The summed E-state index contributed by atoms with van der Waals surface area (Å²) in [5, 5.41) is 2.86. The molecule has 1 aromatic carbocycles. The molecule has 1 aromatic rings. The Kier molecular flexibility index (Phi) is 5.32. The summed E-state index contributed by atoms with van der Waals surface area (Å²) in [5.74, 6) is -2.95. The summed E-state index contributed by atoms with van der Waals surface area (Å²) in [5.41, 5.74) is 0.0212. The standard InChI is InChI=1S/C13H18F3N/c1-3-4-5-6-9(2)17-13-8-11(15)10(14)7-12(13)16/h7-9,17H,3-6H2,1-2H3. The van der Waals surface area contributed by atoms with Gasteiger partial charge >= 0.3 is 0 Å². The van der Waals surface area contributed by atoms with E-state index >= 15 is 0 Å². The second-order valence-corrected chi connectivity index (χ2v) is 4.29. The van der Waals surface area contributed by atoms with Crippen molar-refractivity contribution in [3.63, 3.8) is 0 Å². The van der Waals surface area contributed by atoms with E-state index in [1.54, 1.807) is 0 Å². The first-order valence-electron chi connectivity index (χ1n) is 5.95. The van der Waals surface area contributed by atoms with Crippen molar-refractivity contribution in [2.75, 3.05) is 5.32 Å². The first-order valence-corrected chi connectivity index (χ1v) is 5.95. The molecule has 0 aromatic heterocycles. The number of nitrogens with one attached hydrogen (secondary N) is 1. The molecule has 0 saturated heterocycles. The molecule has 4 heteroatoms. The van der Waals surface area contributed by atoms with Crippen LogP contribution in [0.15, 0.2) is 12.1 Å². The number of hydrogen-bond acceptors (Lipinski definition) is 1. The van der Waals surface area contributed by atoms with Gasteiger partial charge in [-0.25, -0.2) is 13.2 Å². The van der Waals surface area contributed by atoms with Gasteiger partial charge in [0.15, 0.2) is 11.6 Å². The molecule has 1 atom stereocenters. The average Bonchev–Trinajstić information content (AvgIpc) is 2.26. The summed E-state index contributed by atoms with van der Waals surface area (Å²) in [6.45, 7) is 4.00. The maximum atomic E-state index is 13.3. The summed E-state index contributed by atoms with van der Waals surface area (Å²) in [6.07, 6.45) is 4.15. The molecule has 1 nitrogen and oxygen atoms in total. The van der Waals surface area contributed by atoms with Gasteiger partial charge < -0.3 is 5.32 Å². The van der Waals surface area contributed by atoms with Gasteiger partial charge in [-0.15, -0.1) is 0 Å². The van der Waals surface area contributed by atoms with Gasteiger partial charge in [0.2, 0.25) is 0 Å². The van der Waals surface area contributed by atoms with Crippen LogP contribution in [-0.4, -0.2) is 6.04 Å². The van der Waals surface area contributed by atoms with Crippen molar-refractivity contribution in [3.8, 4) is 0 Å². The zero-order valence-corrected chi connectivity index (χ0v) is 10.2. The topological polar surface area (TPSA) is 12.0 Å². The summed E-state index contributed by atoms with van der Waals surface area (Å²) in [4.78, 5) is 0. The molecule has 17 heavy (non-hydrogen) atoms. The summed E-state index contributed by atoms with van der Waals surface area (Å²) in [6, 6.07) is 1.47. The molecule has 0 saturated carbocycles. The van der Waals surface area contributed by atoms with Crippen LogP contribution in [0.4, 0.5) is 18.9 Å². The van der Waals surface area contributed by atoms with Gasteiger partial charge in [-0.1, -0.05) is 26.2 Å². The number of anilines is 1. The highest BCUT2D eigenvalue weighted by Crippen LogP contribution is 2.20. The zero-order chi connectivity index (χ0) is 12.8. The highest BCUT2D eigenvalue weighted by Gasteiger charge is 2.11. The van der Waals surface area contributed by atoms with Crippen molar-refractivity contribution in [2.45, 2.75) is 45.6 Å². The van der Waals surface area contributed by atoms with Crippen molar-refractivity contribution in [2.24, 2.45) is 0 Å². The monoisotopic (exact) mass is 245 g/mol. The number of hydrogen-bond donors (Lipinski definition) is 1. The number of unbranched alkanes of at least 4 members (excludes halogenated alkanes) is 2. The Labute approximate surface area is 100 Å². The molecular formula is C13H18F3N. The third-order valence-electron chi connectivity index (χ3n) is 2.65. The maximum Gasteiger partial charge on any atom is 0.161 e. The lowest BCUT2D eigenvalue weighted by Gasteiger charge is -2.15. The molecule has 0 heterocycles. The van der Waals surface area contributed by atoms with Crippen LogP contribution in [0.5, 0.6) is 0 Å². The van der Waals surface area contributed by atoms with Gasteiger partial charge in [-0.2, -0.15) is 0 Å². The molecule has 0 radical (unpaired) electrons. The predicted molar refractivity (Wildman–Crippen MR) is 63.5 cm³/mol. The Balaban J connectivity index is 2.58. The Morgan fingerprint density at radius 3 is 2.35 bits per heavy atom. The van der Waals surface area contributed by atoms with E-state index in [0.29, 0.717) is 6.07 Å². The highest BCUT2D eigenvalue weighted by atomic mass is 19.2. The fourth-order valence-electron chi connectivity index (χ4n) is 1.67. The van der Waals surface area contributed by atoms with Gasteiger partial charge in [0, 0.05) is 18.2 Å². The maximum absolute atomic E-state index is 13.3. The quantitative estimate of drug-likeness (QED) is 0.575. The van der Waals surface area contributed by atoms with Gasteiger partial charge in [-0.05, 0) is 13.3 Å². The first kappa shape index (κ1) is 13.9. The van der Waals surface area contributed by atoms with Crippen molar-refractivity contribution in [1.29, 1.82) is 0 Å². The molecule has 0 aliphatic heterocycles. The molecule has 1 rings (SSSR count).